The van der Waals surface area contributed by atoms with Crippen molar-refractivity contribution < 1.29 is 18.3 Å². The summed E-state index contributed by atoms with van der Waals surface area (Å²) in [6.45, 7) is -2.29. The maximum atomic E-state index is 12.9. The average molecular weight is 321 g/mol. The van der Waals surface area contributed by atoms with Crippen LogP contribution in [0.2, 0.25) is 0 Å². The highest BCUT2D eigenvalue weighted by Gasteiger charge is 2.33. The van der Waals surface area contributed by atoms with Gasteiger partial charge in [-0.2, -0.15) is 18.6 Å². The zero-order chi connectivity index (χ0) is 16.4. The van der Waals surface area contributed by atoms with E-state index in [1.54, 1.807) is 12.0 Å². The maximum Gasteiger partial charge on any atom is 0.333 e. The Morgan fingerprint density at radius 2 is 2.22 bits per heavy atom. The lowest BCUT2D eigenvalue weighted by Gasteiger charge is -2.25. The van der Waals surface area contributed by atoms with Crippen molar-refractivity contribution in [2.24, 2.45) is 0 Å². The van der Waals surface area contributed by atoms with Crippen molar-refractivity contribution in [2.75, 3.05) is 13.7 Å². The molecule has 0 aliphatic carbocycles. The molecule has 1 amide bonds. The number of aromatic nitrogens is 2. The predicted molar refractivity (Wildman–Crippen MR) is 79.5 cm³/mol. The monoisotopic (exact) mass is 321 g/mol. The van der Waals surface area contributed by atoms with E-state index in [0.717, 1.165) is 18.4 Å². The molecule has 1 aromatic carbocycles. The van der Waals surface area contributed by atoms with E-state index in [1.807, 2.05) is 24.3 Å². The van der Waals surface area contributed by atoms with Gasteiger partial charge in [-0.05, 0) is 36.6 Å². The van der Waals surface area contributed by atoms with Crippen molar-refractivity contribution in [3.63, 3.8) is 0 Å². The zero-order valence-corrected chi connectivity index (χ0v) is 12.7. The normalized spacial score (nSPS) is 17.7. The first kappa shape index (κ1) is 15.5. The van der Waals surface area contributed by atoms with Crippen molar-refractivity contribution in [1.29, 1.82) is 0 Å². The first-order valence-electron chi connectivity index (χ1n) is 7.38. The molecule has 0 saturated carbocycles. The fraction of sp³-hybridized carbons (Fsp3) is 0.375. The highest BCUT2D eigenvalue weighted by Crippen LogP contribution is 2.34. The zero-order valence-electron chi connectivity index (χ0n) is 12.7. The summed E-state index contributed by atoms with van der Waals surface area (Å²) in [6, 6.07) is 8.67. The Kier molecular flexibility index (Phi) is 4.27. The number of carbonyl (C=O) groups is 1. The van der Waals surface area contributed by atoms with E-state index in [1.165, 1.54) is 12.3 Å². The molecule has 0 N–H and O–H groups in total. The van der Waals surface area contributed by atoms with Gasteiger partial charge in [0.25, 0.3) is 5.91 Å². The number of methoxy groups -OCH3 is 1. The topological polar surface area (TPSA) is 47.4 Å². The summed E-state index contributed by atoms with van der Waals surface area (Å²) >= 11 is 0. The molecule has 122 valence electrons. The van der Waals surface area contributed by atoms with Gasteiger partial charge in [0.05, 0.1) is 13.2 Å². The van der Waals surface area contributed by atoms with Crippen LogP contribution in [0.3, 0.4) is 0 Å². The SMILES string of the molecule is COc1cccc([C@H]2CCCN2C(=O)c2ccnn2C(F)F)c1. The molecule has 1 aliphatic rings. The quantitative estimate of drug-likeness (QED) is 0.868. The summed E-state index contributed by atoms with van der Waals surface area (Å²) in [5, 5.41) is 3.53. The van der Waals surface area contributed by atoms with Crippen LogP contribution in [0.15, 0.2) is 36.5 Å². The summed E-state index contributed by atoms with van der Waals surface area (Å²) in [4.78, 5) is 14.3. The third-order valence-corrected chi connectivity index (χ3v) is 4.07. The summed E-state index contributed by atoms with van der Waals surface area (Å²) in [5.74, 6) is 0.285. The molecular formula is C16H17F2N3O2. The Morgan fingerprint density at radius 3 is 2.96 bits per heavy atom. The number of likely N-dealkylation sites (tertiary alicyclic amines) is 1. The highest BCUT2D eigenvalue weighted by atomic mass is 19.3. The number of benzene rings is 1. The van der Waals surface area contributed by atoms with Crippen molar-refractivity contribution in [3.05, 3.63) is 47.8 Å². The lowest BCUT2D eigenvalue weighted by atomic mass is 10.0. The van der Waals surface area contributed by atoms with Gasteiger partial charge in [-0.15, -0.1) is 0 Å². The van der Waals surface area contributed by atoms with E-state index in [4.69, 9.17) is 4.74 Å². The summed E-state index contributed by atoms with van der Waals surface area (Å²) < 4.78 is 31.6. The van der Waals surface area contributed by atoms with Crippen molar-refractivity contribution >= 4 is 5.91 Å². The summed E-state index contributed by atoms with van der Waals surface area (Å²) in [6.07, 6.45) is 2.84. The molecule has 5 nitrogen and oxygen atoms in total. The molecular weight excluding hydrogens is 304 g/mol. The van der Waals surface area contributed by atoms with E-state index in [9.17, 15) is 13.6 Å². The van der Waals surface area contributed by atoms with Crippen molar-refractivity contribution in [3.8, 4) is 5.75 Å². The van der Waals surface area contributed by atoms with E-state index < -0.39 is 12.5 Å². The Morgan fingerprint density at radius 1 is 1.39 bits per heavy atom. The second-order valence-corrected chi connectivity index (χ2v) is 5.37. The maximum absolute atomic E-state index is 12.9. The van der Waals surface area contributed by atoms with E-state index in [2.05, 4.69) is 5.10 Å². The third-order valence-electron chi connectivity index (χ3n) is 4.07. The standard InChI is InChI=1S/C16H17F2N3O2/c1-23-12-5-2-4-11(10-12)13-6-3-9-20(13)15(22)14-7-8-19-21(14)16(17)18/h2,4-5,7-8,10,13,16H,3,6,9H2,1H3/t13-/m1/s1. The van der Waals surface area contributed by atoms with Gasteiger partial charge in [0, 0.05) is 12.7 Å². The van der Waals surface area contributed by atoms with Crippen LogP contribution in [0.1, 0.15) is 41.5 Å². The molecule has 23 heavy (non-hydrogen) atoms. The highest BCUT2D eigenvalue weighted by molar-refractivity contribution is 5.93. The fourth-order valence-corrected chi connectivity index (χ4v) is 2.99. The Labute approximate surface area is 132 Å². The Hall–Kier alpha value is -2.44. The number of carbonyl (C=O) groups excluding carboxylic acids is 1. The molecule has 1 saturated heterocycles. The fourth-order valence-electron chi connectivity index (χ4n) is 2.99. The second-order valence-electron chi connectivity index (χ2n) is 5.37. The molecule has 7 heteroatoms. The molecule has 0 spiro atoms. The number of alkyl halides is 2. The average Bonchev–Trinajstić information content (AvgIpc) is 3.23. The first-order valence-corrected chi connectivity index (χ1v) is 7.38. The molecule has 2 heterocycles. The second kappa shape index (κ2) is 6.36. The number of hydrogen-bond acceptors (Lipinski definition) is 3. The van der Waals surface area contributed by atoms with Gasteiger partial charge in [0.1, 0.15) is 11.4 Å². The van der Waals surface area contributed by atoms with Gasteiger partial charge >= 0.3 is 6.55 Å². The van der Waals surface area contributed by atoms with Crippen LogP contribution in [0.5, 0.6) is 5.75 Å². The number of halogens is 2. The molecule has 2 aromatic rings. The molecule has 1 atom stereocenters. The van der Waals surface area contributed by atoms with Crippen LogP contribution >= 0.6 is 0 Å². The smallest absolute Gasteiger partial charge is 0.333 e. The molecule has 3 rings (SSSR count). The Balaban J connectivity index is 1.89. The number of hydrogen-bond donors (Lipinski definition) is 0. The van der Waals surface area contributed by atoms with Crippen LogP contribution in [0.4, 0.5) is 8.78 Å². The van der Waals surface area contributed by atoms with Gasteiger partial charge in [-0.3, -0.25) is 4.79 Å². The number of nitrogens with zero attached hydrogens (tertiary/aromatic N) is 3. The summed E-state index contributed by atoms with van der Waals surface area (Å²) in [7, 11) is 1.58. The van der Waals surface area contributed by atoms with E-state index in [-0.39, 0.29) is 11.7 Å². The first-order chi connectivity index (χ1) is 11.1. The minimum atomic E-state index is -2.83. The largest absolute Gasteiger partial charge is 0.497 e. The third kappa shape index (κ3) is 2.91. The predicted octanol–water partition coefficient (Wildman–Crippen LogP) is 3.26. The minimum Gasteiger partial charge on any atom is -0.497 e. The number of amides is 1. The molecule has 1 aromatic heterocycles. The van der Waals surface area contributed by atoms with Crippen molar-refractivity contribution in [2.45, 2.75) is 25.4 Å². The molecule has 1 fully saturated rings. The van der Waals surface area contributed by atoms with Gasteiger partial charge in [-0.25, -0.2) is 0 Å². The molecule has 1 aliphatic heterocycles. The van der Waals surface area contributed by atoms with Gasteiger partial charge in [0.15, 0.2) is 0 Å². The van der Waals surface area contributed by atoms with Crippen molar-refractivity contribution in [1.82, 2.24) is 14.7 Å². The van der Waals surface area contributed by atoms with Crippen LogP contribution in [0.25, 0.3) is 0 Å². The van der Waals surface area contributed by atoms with Gasteiger partial charge < -0.3 is 9.64 Å². The molecule has 0 unspecified atom stereocenters. The molecule has 0 bridgehead atoms. The van der Waals surface area contributed by atoms with Crippen LogP contribution in [-0.4, -0.2) is 34.2 Å². The van der Waals surface area contributed by atoms with Crippen LogP contribution in [0, 0.1) is 0 Å². The lowest BCUT2D eigenvalue weighted by Crippen LogP contribution is -2.32. The Bertz CT molecular complexity index is 702. The number of rotatable bonds is 4. The van der Waals surface area contributed by atoms with Crippen LogP contribution < -0.4 is 4.74 Å². The lowest BCUT2D eigenvalue weighted by molar-refractivity contribution is 0.0457. The summed E-state index contributed by atoms with van der Waals surface area (Å²) in [5.41, 5.74) is 0.855. The van der Waals surface area contributed by atoms with Gasteiger partial charge in [-0.1, -0.05) is 12.1 Å². The van der Waals surface area contributed by atoms with E-state index in [0.29, 0.717) is 17.0 Å². The number of ether oxygens (including phenoxy) is 1. The minimum absolute atomic E-state index is 0.0882. The molecule has 0 radical (unpaired) electrons. The van der Waals surface area contributed by atoms with Gasteiger partial charge in [0.2, 0.25) is 0 Å². The van der Waals surface area contributed by atoms with E-state index >= 15 is 0 Å². The van der Waals surface area contributed by atoms with Crippen LogP contribution in [-0.2, 0) is 0 Å².